The van der Waals surface area contributed by atoms with Gasteiger partial charge in [0.25, 0.3) is 15.9 Å². The molecule has 1 aliphatic carbocycles. The van der Waals surface area contributed by atoms with Crippen molar-refractivity contribution in [2.75, 3.05) is 10.0 Å². The fraction of sp³-hybridized carbons (Fsp3) is 0.250. The summed E-state index contributed by atoms with van der Waals surface area (Å²) >= 11 is 1.42. The Bertz CT molecular complexity index is 1360. The van der Waals surface area contributed by atoms with E-state index in [1.165, 1.54) is 11.3 Å². The molecule has 1 heterocycles. The summed E-state index contributed by atoms with van der Waals surface area (Å²) in [6, 6.07) is 12.3. The van der Waals surface area contributed by atoms with E-state index < -0.39 is 15.9 Å². The lowest BCUT2D eigenvalue weighted by atomic mass is 10.1. The van der Waals surface area contributed by atoms with Crippen LogP contribution in [0.4, 0.5) is 10.7 Å². The highest BCUT2D eigenvalue weighted by molar-refractivity contribution is 7.92. The van der Waals surface area contributed by atoms with E-state index in [-0.39, 0.29) is 16.1 Å². The van der Waals surface area contributed by atoms with Gasteiger partial charge in [0, 0.05) is 4.88 Å². The van der Waals surface area contributed by atoms with Gasteiger partial charge in [-0.3, -0.25) is 9.52 Å². The topological polar surface area (TPSA) is 99.1 Å². The van der Waals surface area contributed by atoms with Gasteiger partial charge in [-0.05, 0) is 68.9 Å². The van der Waals surface area contributed by atoms with Gasteiger partial charge in [-0.2, -0.15) is 5.26 Å². The molecule has 0 aliphatic heterocycles. The van der Waals surface area contributed by atoms with Crippen LogP contribution in [0.15, 0.2) is 41.3 Å². The Morgan fingerprint density at radius 1 is 1.09 bits per heavy atom. The summed E-state index contributed by atoms with van der Waals surface area (Å²) in [6.07, 6.45) is 2.78. The number of carbonyl (C=O) groups excluding carboxylic acids is 1. The zero-order valence-corrected chi connectivity index (χ0v) is 19.7. The highest BCUT2D eigenvalue weighted by atomic mass is 32.2. The lowest BCUT2D eigenvalue weighted by molar-refractivity contribution is 0.102. The summed E-state index contributed by atoms with van der Waals surface area (Å²) < 4.78 is 29.0. The second-order valence-electron chi connectivity index (χ2n) is 8.01. The summed E-state index contributed by atoms with van der Waals surface area (Å²) in [5, 5.41) is 12.9. The molecule has 2 aromatic carbocycles. The van der Waals surface area contributed by atoms with Gasteiger partial charge in [0.15, 0.2) is 0 Å². The van der Waals surface area contributed by atoms with Crippen molar-refractivity contribution in [2.45, 2.75) is 44.9 Å². The number of carbonyl (C=O) groups is 1. The molecule has 0 radical (unpaired) electrons. The molecule has 0 spiro atoms. The number of aryl methyl sites for hydroxylation is 4. The number of para-hydroxylation sites is 1. The normalized spacial score (nSPS) is 12.8. The predicted molar refractivity (Wildman–Crippen MR) is 127 cm³/mol. The van der Waals surface area contributed by atoms with Crippen molar-refractivity contribution in [2.24, 2.45) is 0 Å². The third-order valence-electron chi connectivity index (χ3n) is 5.55. The summed E-state index contributed by atoms with van der Waals surface area (Å²) in [5.74, 6) is -0.461. The largest absolute Gasteiger partial charge is 0.312 e. The number of hydrogen-bond donors (Lipinski definition) is 2. The molecule has 0 saturated heterocycles. The summed E-state index contributed by atoms with van der Waals surface area (Å²) in [7, 11) is -3.91. The van der Waals surface area contributed by atoms with Crippen LogP contribution in [0.5, 0.6) is 0 Å². The molecule has 0 atom stereocenters. The van der Waals surface area contributed by atoms with E-state index >= 15 is 0 Å². The van der Waals surface area contributed by atoms with Crippen molar-refractivity contribution < 1.29 is 13.2 Å². The Morgan fingerprint density at radius 3 is 2.47 bits per heavy atom. The lowest BCUT2D eigenvalue weighted by Gasteiger charge is -2.16. The molecule has 32 heavy (non-hydrogen) atoms. The van der Waals surface area contributed by atoms with E-state index in [0.717, 1.165) is 35.3 Å². The Hall–Kier alpha value is -3.15. The number of thiophene rings is 1. The van der Waals surface area contributed by atoms with Crippen LogP contribution in [0.1, 0.15) is 49.5 Å². The fourth-order valence-electron chi connectivity index (χ4n) is 4.34. The van der Waals surface area contributed by atoms with Crippen LogP contribution in [0.25, 0.3) is 0 Å². The molecule has 2 N–H and O–H groups in total. The average molecular weight is 466 g/mol. The lowest BCUT2D eigenvalue weighted by Crippen LogP contribution is -2.20. The van der Waals surface area contributed by atoms with Gasteiger partial charge in [-0.1, -0.05) is 29.8 Å². The minimum atomic E-state index is -3.91. The molecule has 1 aromatic heterocycles. The van der Waals surface area contributed by atoms with Crippen molar-refractivity contribution in [3.8, 4) is 6.07 Å². The van der Waals surface area contributed by atoms with Crippen molar-refractivity contribution in [3.63, 3.8) is 0 Å². The van der Waals surface area contributed by atoms with E-state index in [2.05, 4.69) is 16.1 Å². The number of anilines is 2. The van der Waals surface area contributed by atoms with Gasteiger partial charge in [-0.25, -0.2) is 8.42 Å². The van der Waals surface area contributed by atoms with Crippen LogP contribution in [0.3, 0.4) is 0 Å². The van der Waals surface area contributed by atoms with Crippen LogP contribution in [-0.4, -0.2) is 14.3 Å². The van der Waals surface area contributed by atoms with E-state index in [4.69, 9.17) is 0 Å². The third kappa shape index (κ3) is 4.01. The quantitative estimate of drug-likeness (QED) is 0.548. The van der Waals surface area contributed by atoms with Crippen LogP contribution in [0, 0.1) is 32.1 Å². The monoisotopic (exact) mass is 465 g/mol. The van der Waals surface area contributed by atoms with Crippen LogP contribution in [-0.2, 0) is 22.9 Å². The molecule has 3 aromatic rings. The molecular weight excluding hydrogens is 442 g/mol. The molecule has 0 bridgehead atoms. The molecule has 164 valence electrons. The summed E-state index contributed by atoms with van der Waals surface area (Å²) in [5.41, 5.74) is 4.18. The van der Waals surface area contributed by atoms with Crippen molar-refractivity contribution in [1.29, 1.82) is 5.26 Å². The van der Waals surface area contributed by atoms with Gasteiger partial charge >= 0.3 is 0 Å². The SMILES string of the molecule is Cc1cc(C)c(S(=O)(=O)Nc2ccccc2C(=O)Nc2sc3c(c2C#N)CCC3)c(C)c1. The average Bonchev–Trinajstić information content (AvgIpc) is 3.27. The first-order valence-corrected chi connectivity index (χ1v) is 12.6. The summed E-state index contributed by atoms with van der Waals surface area (Å²) in [4.78, 5) is 14.4. The zero-order chi connectivity index (χ0) is 23.0. The smallest absolute Gasteiger partial charge is 0.262 e. The highest BCUT2D eigenvalue weighted by Gasteiger charge is 2.25. The van der Waals surface area contributed by atoms with Gasteiger partial charge < -0.3 is 5.32 Å². The standard InChI is InChI=1S/C24H23N3O3S2/c1-14-11-15(2)22(16(3)12-14)32(29,30)27-20-9-5-4-7-18(20)23(28)26-24-19(13-25)17-8-6-10-21(17)31-24/h4-5,7,9,11-12,27H,6,8,10H2,1-3H3,(H,26,28). The maximum atomic E-state index is 13.2. The number of amides is 1. The summed E-state index contributed by atoms with van der Waals surface area (Å²) in [6.45, 7) is 5.43. The van der Waals surface area contributed by atoms with Gasteiger partial charge in [0.05, 0.1) is 21.7 Å². The predicted octanol–water partition coefficient (Wildman–Crippen LogP) is 5.09. The second kappa shape index (κ2) is 8.41. The number of fused-ring (bicyclic) bond motifs is 1. The minimum Gasteiger partial charge on any atom is -0.312 e. The van der Waals surface area contributed by atoms with Crippen LogP contribution >= 0.6 is 11.3 Å². The third-order valence-corrected chi connectivity index (χ3v) is 8.43. The van der Waals surface area contributed by atoms with Gasteiger partial charge in [-0.15, -0.1) is 11.3 Å². The number of nitrogens with one attached hydrogen (secondary N) is 2. The molecule has 0 unspecified atom stereocenters. The highest BCUT2D eigenvalue weighted by Crippen LogP contribution is 2.39. The molecule has 1 amide bonds. The second-order valence-corrected chi connectivity index (χ2v) is 10.7. The number of nitrogens with zero attached hydrogens (tertiary/aromatic N) is 1. The number of nitriles is 1. The molecule has 0 saturated carbocycles. The number of hydrogen-bond acceptors (Lipinski definition) is 5. The van der Waals surface area contributed by atoms with Crippen molar-refractivity contribution in [1.82, 2.24) is 0 Å². The van der Waals surface area contributed by atoms with E-state index in [0.29, 0.717) is 21.7 Å². The number of sulfonamides is 1. The molecule has 4 rings (SSSR count). The van der Waals surface area contributed by atoms with Crippen LogP contribution < -0.4 is 10.0 Å². The van der Waals surface area contributed by atoms with Crippen LogP contribution in [0.2, 0.25) is 0 Å². The maximum Gasteiger partial charge on any atom is 0.262 e. The Kier molecular flexibility index (Phi) is 5.80. The first-order chi connectivity index (χ1) is 15.2. The Balaban J connectivity index is 1.66. The number of benzene rings is 2. The molecule has 8 heteroatoms. The fourth-order valence-corrected chi connectivity index (χ4v) is 7.11. The minimum absolute atomic E-state index is 0.187. The molecular formula is C24H23N3O3S2. The maximum absolute atomic E-state index is 13.2. The number of rotatable bonds is 5. The Morgan fingerprint density at radius 2 is 1.78 bits per heavy atom. The van der Waals surface area contributed by atoms with Crippen molar-refractivity contribution >= 4 is 38.0 Å². The van der Waals surface area contributed by atoms with E-state index in [1.807, 2.05) is 19.1 Å². The molecule has 1 aliphatic rings. The molecule has 6 nitrogen and oxygen atoms in total. The molecule has 0 fully saturated rings. The van der Waals surface area contributed by atoms with Gasteiger partial charge in [0.2, 0.25) is 0 Å². The van der Waals surface area contributed by atoms with Gasteiger partial charge in [0.1, 0.15) is 11.1 Å². The Labute approximate surface area is 192 Å². The first-order valence-electron chi connectivity index (χ1n) is 10.3. The zero-order valence-electron chi connectivity index (χ0n) is 18.1. The van der Waals surface area contributed by atoms with Crippen molar-refractivity contribution in [3.05, 3.63) is 74.7 Å². The first kappa shape index (κ1) is 22.1. The van der Waals surface area contributed by atoms with E-state index in [1.54, 1.807) is 38.1 Å². The van der Waals surface area contributed by atoms with E-state index in [9.17, 15) is 18.5 Å².